The van der Waals surface area contributed by atoms with Crippen molar-refractivity contribution in [3.63, 3.8) is 0 Å². The van der Waals surface area contributed by atoms with Crippen molar-refractivity contribution >= 4 is 40.3 Å². The first-order valence-electron chi connectivity index (χ1n) is 11.9. The number of halogens is 1. The summed E-state index contributed by atoms with van der Waals surface area (Å²) >= 11 is 6.33. The van der Waals surface area contributed by atoms with Gasteiger partial charge in [-0.05, 0) is 41.8 Å². The number of nitrogens with zero attached hydrogens (tertiary/aromatic N) is 4. The van der Waals surface area contributed by atoms with Gasteiger partial charge in [0, 0.05) is 49.1 Å². The molecule has 1 saturated heterocycles. The fourth-order valence-corrected chi connectivity index (χ4v) is 4.53. The summed E-state index contributed by atoms with van der Waals surface area (Å²) < 4.78 is 0. The Bertz CT molecular complexity index is 1330. The first kappa shape index (κ1) is 23.1. The van der Waals surface area contributed by atoms with E-state index in [1.54, 1.807) is 6.08 Å². The maximum absolute atomic E-state index is 12.7. The number of aromatic nitrogens is 2. The molecule has 0 saturated carbocycles. The van der Waals surface area contributed by atoms with E-state index in [4.69, 9.17) is 21.6 Å². The number of anilines is 1. The summed E-state index contributed by atoms with van der Waals surface area (Å²) in [4.78, 5) is 26.6. The van der Waals surface area contributed by atoms with Crippen LogP contribution in [-0.2, 0) is 17.6 Å². The minimum absolute atomic E-state index is 0.0349. The predicted octanol–water partition coefficient (Wildman–Crippen LogP) is 5.43. The highest BCUT2D eigenvalue weighted by molar-refractivity contribution is 6.31. The van der Waals surface area contributed by atoms with Crippen LogP contribution in [0.1, 0.15) is 17.0 Å². The SMILES string of the molecule is O=C(/C=C\c1ccccc1)N1CCN(c2nc(CCc3ccccc3)nc3ccc(Cl)cc23)CC1. The summed E-state index contributed by atoms with van der Waals surface area (Å²) in [5, 5.41) is 1.61. The monoisotopic (exact) mass is 482 g/mol. The van der Waals surface area contributed by atoms with E-state index in [-0.39, 0.29) is 5.91 Å². The summed E-state index contributed by atoms with van der Waals surface area (Å²) in [6, 6.07) is 26.0. The summed E-state index contributed by atoms with van der Waals surface area (Å²) in [6.45, 7) is 2.70. The Balaban J connectivity index is 1.32. The van der Waals surface area contributed by atoms with Crippen molar-refractivity contribution < 1.29 is 4.79 Å². The maximum atomic E-state index is 12.7. The van der Waals surface area contributed by atoms with Crippen LogP contribution in [0.5, 0.6) is 0 Å². The smallest absolute Gasteiger partial charge is 0.246 e. The lowest BCUT2D eigenvalue weighted by Gasteiger charge is -2.35. The Kier molecular flexibility index (Phi) is 7.05. The highest BCUT2D eigenvalue weighted by atomic mass is 35.5. The molecule has 0 aliphatic carbocycles. The molecule has 0 bridgehead atoms. The van der Waals surface area contributed by atoms with Crippen LogP contribution < -0.4 is 4.90 Å². The van der Waals surface area contributed by atoms with Gasteiger partial charge in [-0.3, -0.25) is 4.79 Å². The van der Waals surface area contributed by atoms with Gasteiger partial charge in [-0.25, -0.2) is 9.97 Å². The van der Waals surface area contributed by atoms with Crippen LogP contribution in [0.4, 0.5) is 5.82 Å². The van der Waals surface area contributed by atoms with Gasteiger partial charge < -0.3 is 9.80 Å². The molecule has 35 heavy (non-hydrogen) atoms. The molecule has 1 aromatic heterocycles. The fourth-order valence-electron chi connectivity index (χ4n) is 4.36. The van der Waals surface area contributed by atoms with Gasteiger partial charge in [-0.1, -0.05) is 72.3 Å². The molecule has 1 fully saturated rings. The van der Waals surface area contributed by atoms with Crippen molar-refractivity contribution in [2.45, 2.75) is 12.8 Å². The number of piperazine rings is 1. The Hall–Kier alpha value is -3.70. The normalized spacial score (nSPS) is 14.1. The lowest BCUT2D eigenvalue weighted by Crippen LogP contribution is -2.48. The second kappa shape index (κ2) is 10.7. The molecule has 4 aromatic rings. The number of hydrogen-bond donors (Lipinski definition) is 0. The number of fused-ring (bicyclic) bond motifs is 1. The first-order chi connectivity index (χ1) is 17.2. The number of rotatable bonds is 6. The minimum atomic E-state index is 0.0349. The van der Waals surface area contributed by atoms with E-state index >= 15 is 0 Å². The van der Waals surface area contributed by atoms with Crippen molar-refractivity contribution in [1.29, 1.82) is 0 Å². The van der Waals surface area contributed by atoms with Gasteiger partial charge in [0.05, 0.1) is 5.52 Å². The van der Waals surface area contributed by atoms with Gasteiger partial charge in [0.25, 0.3) is 0 Å². The third kappa shape index (κ3) is 5.69. The van der Waals surface area contributed by atoms with Crippen LogP contribution in [0.25, 0.3) is 17.0 Å². The molecule has 1 aliphatic rings. The van der Waals surface area contributed by atoms with Crippen LogP contribution >= 0.6 is 11.6 Å². The number of amides is 1. The number of carbonyl (C=O) groups excluding carboxylic acids is 1. The van der Waals surface area contributed by atoms with E-state index in [0.717, 1.165) is 41.0 Å². The predicted molar refractivity (Wildman–Crippen MR) is 143 cm³/mol. The van der Waals surface area contributed by atoms with Crippen LogP contribution in [0.3, 0.4) is 0 Å². The molecule has 0 atom stereocenters. The third-order valence-electron chi connectivity index (χ3n) is 6.27. The van der Waals surface area contributed by atoms with Crippen molar-refractivity contribution in [2.24, 2.45) is 0 Å². The van der Waals surface area contributed by atoms with Gasteiger partial charge in [0.1, 0.15) is 11.6 Å². The molecular formula is C29H27ClN4O. The number of aryl methyl sites for hydroxylation is 2. The number of hydrogen-bond acceptors (Lipinski definition) is 4. The van der Waals surface area contributed by atoms with Crippen molar-refractivity contribution in [3.8, 4) is 0 Å². The Morgan fingerprint density at radius 1 is 0.857 bits per heavy atom. The quantitative estimate of drug-likeness (QED) is 0.344. The molecule has 0 N–H and O–H groups in total. The number of benzene rings is 3. The van der Waals surface area contributed by atoms with Gasteiger partial charge in [-0.15, -0.1) is 0 Å². The highest BCUT2D eigenvalue weighted by Crippen LogP contribution is 2.28. The number of carbonyl (C=O) groups is 1. The topological polar surface area (TPSA) is 49.3 Å². The van der Waals surface area contributed by atoms with Gasteiger partial charge >= 0.3 is 0 Å². The maximum Gasteiger partial charge on any atom is 0.246 e. The van der Waals surface area contributed by atoms with Gasteiger partial charge in [0.2, 0.25) is 5.91 Å². The zero-order valence-electron chi connectivity index (χ0n) is 19.5. The first-order valence-corrected chi connectivity index (χ1v) is 12.3. The van der Waals surface area contributed by atoms with Crippen LogP contribution in [-0.4, -0.2) is 47.0 Å². The molecule has 0 spiro atoms. The molecule has 176 valence electrons. The van der Waals surface area contributed by atoms with E-state index < -0.39 is 0 Å². The molecule has 0 unspecified atom stereocenters. The molecular weight excluding hydrogens is 456 g/mol. The van der Waals surface area contributed by atoms with E-state index in [9.17, 15) is 4.79 Å². The van der Waals surface area contributed by atoms with Crippen molar-refractivity contribution in [3.05, 3.63) is 107 Å². The van der Waals surface area contributed by atoms with E-state index in [2.05, 4.69) is 29.2 Å². The molecule has 1 aliphatic heterocycles. The summed E-state index contributed by atoms with van der Waals surface area (Å²) in [6.07, 6.45) is 5.17. The molecule has 2 heterocycles. The second-order valence-corrected chi connectivity index (χ2v) is 9.10. The van der Waals surface area contributed by atoms with Gasteiger partial charge in [-0.2, -0.15) is 0 Å². The Morgan fingerprint density at radius 2 is 1.57 bits per heavy atom. The van der Waals surface area contributed by atoms with Crippen molar-refractivity contribution in [2.75, 3.05) is 31.1 Å². The van der Waals surface area contributed by atoms with E-state index in [0.29, 0.717) is 31.2 Å². The zero-order chi connectivity index (χ0) is 24.0. The van der Waals surface area contributed by atoms with Crippen LogP contribution in [0.2, 0.25) is 5.02 Å². The van der Waals surface area contributed by atoms with Crippen LogP contribution in [0.15, 0.2) is 84.9 Å². The summed E-state index contributed by atoms with van der Waals surface area (Å²) in [7, 11) is 0. The van der Waals surface area contributed by atoms with Gasteiger partial charge in [0.15, 0.2) is 0 Å². The highest BCUT2D eigenvalue weighted by Gasteiger charge is 2.23. The molecule has 1 amide bonds. The Morgan fingerprint density at radius 3 is 2.31 bits per heavy atom. The Labute approximate surface area is 210 Å². The lowest BCUT2D eigenvalue weighted by atomic mass is 10.1. The average Bonchev–Trinajstić information content (AvgIpc) is 2.91. The molecule has 3 aromatic carbocycles. The fraction of sp³-hybridized carbons (Fsp3) is 0.207. The van der Waals surface area contributed by atoms with Crippen LogP contribution in [0, 0.1) is 0 Å². The third-order valence-corrected chi connectivity index (χ3v) is 6.51. The van der Waals surface area contributed by atoms with E-state index in [1.165, 1.54) is 5.56 Å². The largest absolute Gasteiger partial charge is 0.352 e. The summed E-state index contributed by atoms with van der Waals surface area (Å²) in [5.41, 5.74) is 3.18. The van der Waals surface area contributed by atoms with E-state index in [1.807, 2.05) is 65.6 Å². The standard InChI is InChI=1S/C29H27ClN4O/c30-24-13-14-26-25(21-24)29(32-27(31-26)15-11-22-7-3-1-4-8-22)34-19-17-33(18-20-34)28(35)16-12-23-9-5-2-6-10-23/h1-10,12-14,16,21H,11,15,17-20H2/b16-12-. The molecule has 6 heteroatoms. The molecule has 5 nitrogen and oxygen atoms in total. The zero-order valence-corrected chi connectivity index (χ0v) is 20.2. The molecule has 5 rings (SSSR count). The van der Waals surface area contributed by atoms with Crippen molar-refractivity contribution in [1.82, 2.24) is 14.9 Å². The lowest BCUT2D eigenvalue weighted by molar-refractivity contribution is -0.126. The second-order valence-electron chi connectivity index (χ2n) is 8.67. The molecule has 0 radical (unpaired) electrons. The summed E-state index contributed by atoms with van der Waals surface area (Å²) in [5.74, 6) is 1.75. The average molecular weight is 483 g/mol. The minimum Gasteiger partial charge on any atom is -0.352 e.